The molecule has 2 heterocycles. The number of nitrogens with one attached hydrogen (secondary N) is 2. The van der Waals surface area contributed by atoms with Crippen molar-refractivity contribution in [2.45, 2.75) is 6.92 Å². The van der Waals surface area contributed by atoms with Gasteiger partial charge in [-0.25, -0.2) is 4.98 Å². The Labute approximate surface area is 157 Å². The summed E-state index contributed by atoms with van der Waals surface area (Å²) in [6.45, 7) is 5.34. The predicted octanol–water partition coefficient (Wildman–Crippen LogP) is 2.38. The second-order valence-electron chi connectivity index (χ2n) is 5.85. The zero-order chi connectivity index (χ0) is 17.8. The fourth-order valence-electron chi connectivity index (χ4n) is 2.76. The molecule has 1 fully saturated rings. The van der Waals surface area contributed by atoms with Gasteiger partial charge in [0.05, 0.1) is 16.8 Å². The maximum Gasteiger partial charge on any atom is 0.272 e. The minimum atomic E-state index is -0.465. The molecule has 0 saturated carbocycles. The van der Waals surface area contributed by atoms with E-state index in [1.165, 1.54) is 18.2 Å². The van der Waals surface area contributed by atoms with Gasteiger partial charge in [0, 0.05) is 43.4 Å². The molecule has 1 aliphatic heterocycles. The highest BCUT2D eigenvalue weighted by molar-refractivity contribution is 6.04. The summed E-state index contributed by atoms with van der Waals surface area (Å²) in [4.78, 5) is 29.2. The molecule has 0 spiro atoms. The van der Waals surface area contributed by atoms with E-state index in [1.54, 1.807) is 19.2 Å². The number of amides is 1. The van der Waals surface area contributed by atoms with E-state index in [4.69, 9.17) is 0 Å². The predicted molar refractivity (Wildman–Crippen MR) is 102 cm³/mol. The minimum Gasteiger partial charge on any atom is -0.368 e. The zero-order valence-electron chi connectivity index (χ0n) is 14.3. The van der Waals surface area contributed by atoms with Gasteiger partial charge in [-0.3, -0.25) is 14.9 Å². The van der Waals surface area contributed by atoms with E-state index in [-0.39, 0.29) is 24.0 Å². The molecular formula is C17H20ClN5O3. The largest absolute Gasteiger partial charge is 0.368 e. The van der Waals surface area contributed by atoms with Crippen molar-refractivity contribution < 1.29 is 9.72 Å². The summed E-state index contributed by atoms with van der Waals surface area (Å²) in [5.74, 6) is 0.0975. The van der Waals surface area contributed by atoms with E-state index in [0.29, 0.717) is 16.9 Å². The fourth-order valence-corrected chi connectivity index (χ4v) is 2.76. The molecule has 138 valence electrons. The van der Waals surface area contributed by atoms with E-state index < -0.39 is 4.92 Å². The van der Waals surface area contributed by atoms with Crippen molar-refractivity contribution in [3.8, 4) is 0 Å². The van der Waals surface area contributed by atoms with E-state index >= 15 is 0 Å². The van der Waals surface area contributed by atoms with Gasteiger partial charge in [0.1, 0.15) is 5.82 Å². The molecule has 2 aromatic rings. The third-order valence-electron chi connectivity index (χ3n) is 4.13. The smallest absolute Gasteiger partial charge is 0.272 e. The first-order chi connectivity index (χ1) is 12.0. The third kappa shape index (κ3) is 4.47. The lowest BCUT2D eigenvalue weighted by Gasteiger charge is -2.29. The Morgan fingerprint density at radius 1 is 1.27 bits per heavy atom. The van der Waals surface area contributed by atoms with Gasteiger partial charge in [0.2, 0.25) is 0 Å². The van der Waals surface area contributed by atoms with Crippen LogP contribution in [0.3, 0.4) is 0 Å². The number of hydrogen-bond donors (Lipinski definition) is 2. The van der Waals surface area contributed by atoms with Gasteiger partial charge in [-0.1, -0.05) is 0 Å². The molecule has 1 amide bonds. The Bertz CT molecular complexity index is 791. The Morgan fingerprint density at radius 3 is 2.58 bits per heavy atom. The first-order valence-electron chi connectivity index (χ1n) is 8.03. The van der Waals surface area contributed by atoms with Crippen LogP contribution >= 0.6 is 12.4 Å². The van der Waals surface area contributed by atoms with Crippen molar-refractivity contribution in [2.24, 2.45) is 0 Å². The molecule has 9 heteroatoms. The number of nitro benzene ring substituents is 1. The lowest BCUT2D eigenvalue weighted by atomic mass is 10.1. The molecule has 0 unspecified atom stereocenters. The number of hydrogen-bond acceptors (Lipinski definition) is 6. The van der Waals surface area contributed by atoms with Crippen molar-refractivity contribution in [2.75, 3.05) is 36.4 Å². The molecule has 2 N–H and O–H groups in total. The average Bonchev–Trinajstić information content (AvgIpc) is 2.62. The number of aromatic nitrogens is 1. The van der Waals surface area contributed by atoms with E-state index in [9.17, 15) is 14.9 Å². The second-order valence-corrected chi connectivity index (χ2v) is 5.85. The summed E-state index contributed by atoms with van der Waals surface area (Å²) in [6.07, 6.45) is 1.74. The summed E-state index contributed by atoms with van der Waals surface area (Å²) < 4.78 is 0. The van der Waals surface area contributed by atoms with Crippen LogP contribution in [0.2, 0.25) is 0 Å². The highest BCUT2D eigenvalue weighted by Gasteiger charge is 2.15. The number of carbonyl (C=O) groups excluding carboxylic acids is 1. The molecule has 1 aliphatic rings. The van der Waals surface area contributed by atoms with Gasteiger partial charge in [0.25, 0.3) is 11.6 Å². The summed E-state index contributed by atoms with van der Waals surface area (Å²) in [6, 6.07) is 7.96. The van der Waals surface area contributed by atoms with E-state index in [1.807, 2.05) is 6.07 Å². The van der Waals surface area contributed by atoms with E-state index in [2.05, 4.69) is 20.5 Å². The van der Waals surface area contributed by atoms with Crippen LogP contribution in [0.15, 0.2) is 36.5 Å². The summed E-state index contributed by atoms with van der Waals surface area (Å²) in [7, 11) is 0. The molecular weight excluding hydrogens is 358 g/mol. The number of benzene rings is 1. The van der Waals surface area contributed by atoms with Gasteiger partial charge >= 0.3 is 0 Å². The minimum absolute atomic E-state index is 0. The van der Waals surface area contributed by atoms with Crippen LogP contribution in [0.5, 0.6) is 0 Å². The van der Waals surface area contributed by atoms with Crippen LogP contribution in [-0.2, 0) is 0 Å². The van der Waals surface area contributed by atoms with E-state index in [0.717, 1.165) is 31.9 Å². The Morgan fingerprint density at radius 2 is 2.00 bits per heavy atom. The van der Waals surface area contributed by atoms with Crippen LogP contribution in [0.1, 0.15) is 15.9 Å². The molecule has 3 rings (SSSR count). The van der Waals surface area contributed by atoms with Crippen molar-refractivity contribution in [3.05, 3.63) is 57.8 Å². The maximum atomic E-state index is 12.3. The monoisotopic (exact) mass is 377 g/mol. The van der Waals surface area contributed by atoms with Crippen LogP contribution in [0, 0.1) is 17.0 Å². The normalized spacial score (nSPS) is 13.7. The van der Waals surface area contributed by atoms with Gasteiger partial charge in [-0.05, 0) is 31.2 Å². The van der Waals surface area contributed by atoms with Crippen molar-refractivity contribution in [1.82, 2.24) is 10.3 Å². The highest BCUT2D eigenvalue weighted by atomic mass is 35.5. The standard InChI is InChI=1S/C17H19N5O3.ClH/c1-12-10-13(2-4-15(12)22(24)25)17(23)20-16-5-3-14(11-19-16)21-8-6-18-7-9-21;/h2-5,10-11,18H,6-9H2,1H3,(H,19,20,23);1H. The third-order valence-corrected chi connectivity index (χ3v) is 4.13. The highest BCUT2D eigenvalue weighted by Crippen LogP contribution is 2.20. The number of anilines is 2. The summed E-state index contributed by atoms with van der Waals surface area (Å²) in [5.41, 5.74) is 1.82. The Balaban J connectivity index is 0.00000243. The Hall–Kier alpha value is -2.71. The number of aryl methyl sites for hydroxylation is 1. The van der Waals surface area contributed by atoms with Crippen molar-refractivity contribution in [3.63, 3.8) is 0 Å². The van der Waals surface area contributed by atoms with Gasteiger partial charge in [-0.2, -0.15) is 0 Å². The Kier molecular flexibility index (Phi) is 6.48. The van der Waals surface area contributed by atoms with Crippen LogP contribution in [0.25, 0.3) is 0 Å². The number of piperazine rings is 1. The number of nitrogens with zero attached hydrogens (tertiary/aromatic N) is 3. The number of pyridine rings is 1. The fraction of sp³-hybridized carbons (Fsp3) is 0.294. The van der Waals surface area contributed by atoms with Gasteiger partial charge in [0.15, 0.2) is 0 Å². The SMILES string of the molecule is Cc1cc(C(=O)Nc2ccc(N3CCNCC3)cn2)ccc1[N+](=O)[O-].Cl. The first kappa shape index (κ1) is 19.6. The van der Waals surface area contributed by atoms with Crippen LogP contribution < -0.4 is 15.5 Å². The summed E-state index contributed by atoms with van der Waals surface area (Å²) in [5, 5.41) is 16.9. The molecule has 0 aliphatic carbocycles. The van der Waals surface area contributed by atoms with Crippen LogP contribution in [0.4, 0.5) is 17.2 Å². The molecule has 1 aromatic carbocycles. The topological polar surface area (TPSA) is 100 Å². The maximum absolute atomic E-state index is 12.3. The molecule has 8 nitrogen and oxygen atoms in total. The van der Waals surface area contributed by atoms with Gasteiger partial charge < -0.3 is 15.5 Å². The zero-order valence-corrected chi connectivity index (χ0v) is 15.1. The number of nitro groups is 1. The quantitative estimate of drug-likeness (QED) is 0.626. The molecule has 26 heavy (non-hydrogen) atoms. The lowest BCUT2D eigenvalue weighted by molar-refractivity contribution is -0.385. The lowest BCUT2D eigenvalue weighted by Crippen LogP contribution is -2.43. The molecule has 0 atom stereocenters. The van der Waals surface area contributed by atoms with Gasteiger partial charge in [-0.15, -0.1) is 12.4 Å². The van der Waals surface area contributed by atoms with Crippen LogP contribution in [-0.4, -0.2) is 42.0 Å². The summed E-state index contributed by atoms with van der Waals surface area (Å²) >= 11 is 0. The molecule has 1 aromatic heterocycles. The second kappa shape index (κ2) is 8.59. The van der Waals surface area contributed by atoms with Crippen molar-refractivity contribution in [1.29, 1.82) is 0 Å². The molecule has 0 radical (unpaired) electrons. The number of halogens is 1. The number of rotatable bonds is 4. The van der Waals surface area contributed by atoms with Crippen molar-refractivity contribution >= 4 is 35.5 Å². The number of carbonyl (C=O) groups is 1. The molecule has 1 saturated heterocycles. The molecule has 0 bridgehead atoms. The first-order valence-corrected chi connectivity index (χ1v) is 8.03. The average molecular weight is 378 g/mol.